The van der Waals surface area contributed by atoms with Gasteiger partial charge in [-0.25, -0.2) is 9.59 Å². The summed E-state index contributed by atoms with van der Waals surface area (Å²) in [7, 11) is 0. The third kappa shape index (κ3) is 18.0. The van der Waals surface area contributed by atoms with Crippen LogP contribution < -0.4 is 21.7 Å². The molecule has 67 heavy (non-hydrogen) atoms. The summed E-state index contributed by atoms with van der Waals surface area (Å²) in [5.41, 5.74) is 14.6. The topological polar surface area (TPSA) is 244 Å². The number of carboxylic acids is 3. The molecule has 0 aromatic heterocycles. The molecular weight excluding hydrogens is 857 g/mol. The average Bonchev–Trinajstić information content (AvgIpc) is 3.84. The van der Waals surface area contributed by atoms with Crippen molar-refractivity contribution in [1.29, 1.82) is 0 Å². The number of ether oxygens (including phenoxy) is 2. The molecular formula is C52H68N4O11. The summed E-state index contributed by atoms with van der Waals surface area (Å²) >= 11 is 0. The van der Waals surface area contributed by atoms with E-state index in [0.29, 0.717) is 58.7 Å². The van der Waals surface area contributed by atoms with Crippen LogP contribution in [0.3, 0.4) is 0 Å². The minimum Gasteiger partial charge on any atom is -0.481 e. The van der Waals surface area contributed by atoms with Crippen LogP contribution in [-0.2, 0) is 28.7 Å². The zero-order valence-corrected chi connectivity index (χ0v) is 39.1. The zero-order chi connectivity index (χ0) is 49.1. The van der Waals surface area contributed by atoms with Gasteiger partial charge in [-0.2, -0.15) is 0 Å². The number of alkyl carbamates (subject to hydrolysis) is 2. The third-order valence-corrected chi connectivity index (χ3v) is 11.4. The van der Waals surface area contributed by atoms with E-state index in [9.17, 15) is 28.8 Å². The Hall–Kier alpha value is -6.58. The monoisotopic (exact) mass is 924 g/mol. The van der Waals surface area contributed by atoms with Gasteiger partial charge >= 0.3 is 30.1 Å². The second-order valence-corrected chi connectivity index (χ2v) is 16.4. The van der Waals surface area contributed by atoms with Gasteiger partial charge in [0.15, 0.2) is 0 Å². The van der Waals surface area contributed by atoms with Gasteiger partial charge in [0.2, 0.25) is 0 Å². The first-order valence-corrected chi connectivity index (χ1v) is 23.0. The van der Waals surface area contributed by atoms with E-state index in [0.717, 1.165) is 25.5 Å². The van der Waals surface area contributed by atoms with Gasteiger partial charge < -0.3 is 51.3 Å². The van der Waals surface area contributed by atoms with Crippen molar-refractivity contribution >= 4 is 36.4 Å². The Morgan fingerprint density at radius 2 is 0.925 bits per heavy atom. The van der Waals surface area contributed by atoms with E-state index in [1.54, 1.807) is 20.8 Å². The van der Waals surface area contributed by atoms with E-state index >= 15 is 0 Å². The normalized spacial score (nSPS) is 13.0. The van der Waals surface area contributed by atoms with Gasteiger partial charge in [0, 0.05) is 44.4 Å². The summed E-state index contributed by atoms with van der Waals surface area (Å²) in [5.74, 6) is -3.35. The van der Waals surface area contributed by atoms with Crippen molar-refractivity contribution in [3.63, 3.8) is 0 Å². The Bertz CT molecular complexity index is 1970. The van der Waals surface area contributed by atoms with Crippen molar-refractivity contribution in [3.05, 3.63) is 119 Å². The van der Waals surface area contributed by atoms with Crippen molar-refractivity contribution in [2.45, 2.75) is 78.1 Å². The number of carboxylic acid groups (broad SMARTS) is 3. The molecule has 0 radical (unpaired) electrons. The van der Waals surface area contributed by atoms with Gasteiger partial charge in [-0.05, 0) is 70.3 Å². The molecule has 0 heterocycles. The highest BCUT2D eigenvalue weighted by molar-refractivity contribution is 5.80. The van der Waals surface area contributed by atoms with Crippen LogP contribution >= 0.6 is 0 Å². The highest BCUT2D eigenvalue weighted by Crippen LogP contribution is 2.45. The van der Waals surface area contributed by atoms with E-state index in [4.69, 9.17) is 30.5 Å². The summed E-state index contributed by atoms with van der Waals surface area (Å²) < 4.78 is 10.9. The first-order chi connectivity index (χ1) is 32.2. The van der Waals surface area contributed by atoms with Crippen LogP contribution in [0.15, 0.2) is 97.1 Å². The number of aldehydes is 1. The van der Waals surface area contributed by atoms with Crippen LogP contribution in [0, 0.1) is 17.8 Å². The average molecular weight is 925 g/mol. The molecule has 2 amide bonds. The number of benzene rings is 4. The van der Waals surface area contributed by atoms with Crippen LogP contribution in [0.25, 0.3) is 22.3 Å². The number of rotatable bonds is 21. The molecule has 3 atom stereocenters. The number of fused-ring (bicyclic) bond motifs is 6. The molecule has 0 bridgehead atoms. The lowest BCUT2D eigenvalue weighted by Gasteiger charge is -2.14. The fourth-order valence-electron chi connectivity index (χ4n) is 7.29. The highest BCUT2D eigenvalue weighted by Gasteiger charge is 2.30. The number of carbonyl (C=O) groups excluding carboxylic acids is 3. The Kier molecular flexibility index (Phi) is 24.4. The molecule has 4 aromatic rings. The van der Waals surface area contributed by atoms with Gasteiger partial charge in [0.1, 0.15) is 19.5 Å². The highest BCUT2D eigenvalue weighted by atomic mass is 16.6. The molecule has 15 nitrogen and oxygen atoms in total. The molecule has 0 aliphatic heterocycles. The van der Waals surface area contributed by atoms with Crippen molar-refractivity contribution < 1.29 is 53.6 Å². The van der Waals surface area contributed by atoms with Gasteiger partial charge in [-0.3, -0.25) is 14.4 Å². The molecule has 0 saturated heterocycles. The number of aliphatic carboxylic acids is 3. The number of hydrogen-bond donors (Lipinski definition) is 7. The Balaban J connectivity index is 0.000000291. The van der Waals surface area contributed by atoms with E-state index in [2.05, 4.69) is 64.5 Å². The van der Waals surface area contributed by atoms with E-state index in [1.165, 1.54) is 44.5 Å². The number of amides is 2. The van der Waals surface area contributed by atoms with Crippen molar-refractivity contribution in [1.82, 2.24) is 16.0 Å². The van der Waals surface area contributed by atoms with E-state index in [-0.39, 0.29) is 30.2 Å². The lowest BCUT2D eigenvalue weighted by molar-refractivity contribution is -0.142. The molecule has 0 saturated carbocycles. The Labute approximate surface area is 393 Å². The summed E-state index contributed by atoms with van der Waals surface area (Å²) in [5, 5.41) is 34.4. The molecule has 362 valence electrons. The lowest BCUT2D eigenvalue weighted by Crippen LogP contribution is -2.33. The number of carbonyl (C=O) groups is 6. The van der Waals surface area contributed by atoms with E-state index < -0.39 is 36.0 Å². The first-order valence-electron chi connectivity index (χ1n) is 23.0. The molecule has 0 unspecified atom stereocenters. The standard InChI is InChI=1S/C23H27NO4.C22H26N2O4.C4H9NO2.C3H6O/c1-16(22(25)26)9-3-2-8-14-24-23(27)28-15-21-19-12-6-4-10-17(19)18-11-5-7-13-20(18)21;1-15(21(25)26)10-11-23-12-13-24-22(27)28-14-20-18-8-4-2-6-16(18)17-7-3-5-9-19(17)20;1-3(2-5)4(6)7;1-2-3-4/h4-7,10-13,16,21H,2-3,8-9,14-15H2,1H3,(H,24,27)(H,25,26);2-9,15,20,23H,10-14H2,1H3,(H,24,27)(H,25,26);3H,2,5H2,1H3,(H,6,7);3H,2H2,1H3/t16-;15-;3-;/m000./s1. The first kappa shape index (κ1) is 54.8. The summed E-state index contributed by atoms with van der Waals surface area (Å²) in [6, 6.07) is 33.0. The van der Waals surface area contributed by atoms with Gasteiger partial charge in [-0.15, -0.1) is 0 Å². The van der Waals surface area contributed by atoms with Crippen molar-refractivity contribution in [2.24, 2.45) is 23.5 Å². The van der Waals surface area contributed by atoms with Gasteiger partial charge in [0.25, 0.3) is 0 Å². The quantitative estimate of drug-likeness (QED) is 0.0308. The van der Waals surface area contributed by atoms with Crippen molar-refractivity contribution in [2.75, 3.05) is 45.9 Å². The third-order valence-electron chi connectivity index (χ3n) is 11.4. The predicted octanol–water partition coefficient (Wildman–Crippen LogP) is 8.29. The largest absolute Gasteiger partial charge is 0.481 e. The maximum absolute atomic E-state index is 12.0. The fourth-order valence-corrected chi connectivity index (χ4v) is 7.29. The molecule has 4 aromatic carbocycles. The molecule has 2 aliphatic carbocycles. The predicted molar refractivity (Wildman–Crippen MR) is 258 cm³/mol. The number of hydrogen-bond acceptors (Lipinski definition) is 10. The molecule has 15 heteroatoms. The maximum atomic E-state index is 12.0. The fraction of sp³-hybridized carbons (Fsp3) is 0.423. The Morgan fingerprint density at radius 3 is 1.28 bits per heavy atom. The van der Waals surface area contributed by atoms with Crippen LogP contribution in [-0.4, -0.2) is 97.6 Å². The number of nitrogens with one attached hydrogen (secondary N) is 3. The van der Waals surface area contributed by atoms with Crippen LogP contribution in [0.2, 0.25) is 0 Å². The van der Waals surface area contributed by atoms with Gasteiger partial charge in [0.05, 0.1) is 17.8 Å². The van der Waals surface area contributed by atoms with Crippen LogP contribution in [0.1, 0.15) is 100 Å². The molecule has 6 rings (SSSR count). The summed E-state index contributed by atoms with van der Waals surface area (Å²) in [4.78, 5) is 64.6. The van der Waals surface area contributed by atoms with Crippen LogP contribution in [0.5, 0.6) is 0 Å². The van der Waals surface area contributed by atoms with E-state index in [1.807, 2.05) is 55.5 Å². The second-order valence-electron chi connectivity index (χ2n) is 16.4. The lowest BCUT2D eigenvalue weighted by atomic mass is 9.98. The summed E-state index contributed by atoms with van der Waals surface area (Å²) in [6.45, 7) is 9.74. The molecule has 0 spiro atoms. The number of unbranched alkanes of at least 4 members (excludes halogenated alkanes) is 2. The SMILES string of the molecule is CCC=O.C[C@@H](CCCCCNC(=O)OCC1c2ccccc2-c2ccccc21)C(=O)O.C[C@@H](CCNCCNC(=O)OCC1c2ccccc2-c2ccccc21)C(=O)O.C[C@@H](CN)C(=O)O. The smallest absolute Gasteiger partial charge is 0.407 e. The molecule has 0 fully saturated rings. The molecule has 8 N–H and O–H groups in total. The minimum absolute atomic E-state index is 0.0498. The van der Waals surface area contributed by atoms with Crippen LogP contribution in [0.4, 0.5) is 9.59 Å². The van der Waals surface area contributed by atoms with Crippen molar-refractivity contribution in [3.8, 4) is 22.3 Å². The van der Waals surface area contributed by atoms with Gasteiger partial charge in [-0.1, -0.05) is 138 Å². The second kappa shape index (κ2) is 29.9. The Morgan fingerprint density at radius 1 is 0.552 bits per heavy atom. The summed E-state index contributed by atoms with van der Waals surface area (Å²) in [6.07, 6.45) is 4.45. The maximum Gasteiger partial charge on any atom is 0.407 e. The minimum atomic E-state index is -0.831. The molecule has 2 aliphatic rings. The number of nitrogens with two attached hydrogens (primary N) is 1. The zero-order valence-electron chi connectivity index (χ0n) is 39.1.